The molecule has 6 nitrogen and oxygen atoms in total. The number of benzene rings is 2. The Balaban J connectivity index is 1.66. The molecule has 1 aliphatic heterocycles. The van der Waals surface area contributed by atoms with E-state index in [4.69, 9.17) is 0 Å². The zero-order chi connectivity index (χ0) is 18.0. The van der Waals surface area contributed by atoms with Gasteiger partial charge in [-0.3, -0.25) is 14.9 Å². The minimum absolute atomic E-state index is 0.205. The Morgan fingerprint density at radius 3 is 2.20 bits per heavy atom. The molecule has 130 valence electrons. The Morgan fingerprint density at radius 1 is 1.00 bits per heavy atom. The SMILES string of the molecule is O=C(c1ccc(F)cc1)N1CCN(c2ccc([N+](=O)[O-])cc2F)CC1. The van der Waals surface area contributed by atoms with Gasteiger partial charge >= 0.3 is 0 Å². The van der Waals surface area contributed by atoms with Gasteiger partial charge in [0.1, 0.15) is 5.82 Å². The number of nitro benzene ring substituents is 1. The molecule has 1 aliphatic rings. The number of halogens is 2. The van der Waals surface area contributed by atoms with Crippen molar-refractivity contribution >= 4 is 17.3 Å². The van der Waals surface area contributed by atoms with E-state index in [1.54, 1.807) is 9.80 Å². The number of rotatable bonds is 3. The highest BCUT2D eigenvalue weighted by molar-refractivity contribution is 5.94. The molecule has 0 N–H and O–H groups in total. The van der Waals surface area contributed by atoms with E-state index in [1.165, 1.54) is 36.4 Å². The van der Waals surface area contributed by atoms with E-state index >= 15 is 0 Å². The minimum Gasteiger partial charge on any atom is -0.366 e. The standard InChI is InChI=1S/C17H15F2N3O3/c18-13-3-1-12(2-4-13)17(23)21-9-7-20(8-10-21)16-6-5-14(22(24)25)11-15(16)19/h1-6,11H,7-10H2. The number of non-ortho nitro benzene ring substituents is 1. The number of carbonyl (C=O) groups is 1. The van der Waals surface area contributed by atoms with Gasteiger partial charge in [0, 0.05) is 37.8 Å². The van der Waals surface area contributed by atoms with Gasteiger partial charge in [-0.15, -0.1) is 0 Å². The third-order valence-electron chi connectivity index (χ3n) is 4.14. The zero-order valence-electron chi connectivity index (χ0n) is 13.2. The molecule has 2 aromatic carbocycles. The number of hydrogen-bond donors (Lipinski definition) is 0. The van der Waals surface area contributed by atoms with Crippen molar-refractivity contribution in [3.8, 4) is 0 Å². The maximum Gasteiger partial charge on any atom is 0.272 e. The predicted octanol–water partition coefficient (Wildman–Crippen LogP) is 2.84. The molecule has 0 aromatic heterocycles. The molecule has 1 saturated heterocycles. The molecular weight excluding hydrogens is 332 g/mol. The van der Waals surface area contributed by atoms with Crippen molar-refractivity contribution in [2.75, 3.05) is 31.1 Å². The van der Waals surface area contributed by atoms with Crippen LogP contribution in [0.5, 0.6) is 0 Å². The van der Waals surface area contributed by atoms with E-state index in [2.05, 4.69) is 0 Å². The molecule has 0 atom stereocenters. The Hall–Kier alpha value is -3.03. The first kappa shape index (κ1) is 16.8. The largest absolute Gasteiger partial charge is 0.366 e. The molecule has 8 heteroatoms. The second-order valence-corrected chi connectivity index (χ2v) is 5.68. The quantitative estimate of drug-likeness (QED) is 0.633. The molecule has 2 aromatic rings. The van der Waals surface area contributed by atoms with E-state index in [0.29, 0.717) is 31.7 Å². The van der Waals surface area contributed by atoms with Crippen LogP contribution in [0.2, 0.25) is 0 Å². The first-order valence-corrected chi connectivity index (χ1v) is 7.69. The number of amides is 1. The normalized spacial score (nSPS) is 14.5. The number of nitrogens with zero attached hydrogens (tertiary/aromatic N) is 3. The fourth-order valence-corrected chi connectivity index (χ4v) is 2.79. The lowest BCUT2D eigenvalue weighted by Gasteiger charge is -2.36. The lowest BCUT2D eigenvalue weighted by atomic mass is 10.1. The summed E-state index contributed by atoms with van der Waals surface area (Å²) in [7, 11) is 0. The fraction of sp³-hybridized carbons (Fsp3) is 0.235. The summed E-state index contributed by atoms with van der Waals surface area (Å²) in [6.07, 6.45) is 0. The van der Waals surface area contributed by atoms with Crippen molar-refractivity contribution < 1.29 is 18.5 Å². The molecule has 0 bridgehead atoms. The van der Waals surface area contributed by atoms with Gasteiger partial charge in [0.2, 0.25) is 0 Å². The van der Waals surface area contributed by atoms with Crippen LogP contribution in [0.15, 0.2) is 42.5 Å². The summed E-state index contributed by atoms with van der Waals surface area (Å²) in [4.78, 5) is 25.8. The van der Waals surface area contributed by atoms with Gasteiger partial charge in [-0.1, -0.05) is 0 Å². The van der Waals surface area contributed by atoms with Crippen LogP contribution in [0, 0.1) is 21.7 Å². The molecule has 0 aliphatic carbocycles. The van der Waals surface area contributed by atoms with Crippen LogP contribution in [0.1, 0.15) is 10.4 Å². The van der Waals surface area contributed by atoms with E-state index in [0.717, 1.165) is 6.07 Å². The predicted molar refractivity (Wildman–Crippen MR) is 87.6 cm³/mol. The molecule has 25 heavy (non-hydrogen) atoms. The van der Waals surface area contributed by atoms with Crippen LogP contribution in [0.3, 0.4) is 0 Å². The topological polar surface area (TPSA) is 66.7 Å². The maximum atomic E-state index is 14.1. The first-order chi connectivity index (χ1) is 12.0. The van der Waals surface area contributed by atoms with Crippen LogP contribution in [-0.4, -0.2) is 41.9 Å². The maximum absolute atomic E-state index is 14.1. The van der Waals surface area contributed by atoms with Crippen LogP contribution in [0.4, 0.5) is 20.2 Å². The number of carbonyl (C=O) groups excluding carboxylic acids is 1. The summed E-state index contributed by atoms with van der Waals surface area (Å²) in [5, 5.41) is 10.7. The summed E-state index contributed by atoms with van der Waals surface area (Å²) < 4.78 is 27.0. The lowest BCUT2D eigenvalue weighted by Crippen LogP contribution is -2.49. The van der Waals surface area contributed by atoms with Crippen LogP contribution < -0.4 is 4.90 Å². The first-order valence-electron chi connectivity index (χ1n) is 7.69. The molecule has 1 fully saturated rings. The molecule has 0 radical (unpaired) electrons. The van der Waals surface area contributed by atoms with Crippen molar-refractivity contribution in [3.05, 3.63) is 69.8 Å². The number of anilines is 1. The average Bonchev–Trinajstić information content (AvgIpc) is 2.62. The van der Waals surface area contributed by atoms with Gasteiger partial charge in [-0.25, -0.2) is 8.78 Å². The van der Waals surface area contributed by atoms with E-state index < -0.39 is 16.6 Å². The lowest BCUT2D eigenvalue weighted by molar-refractivity contribution is -0.385. The monoisotopic (exact) mass is 347 g/mol. The van der Waals surface area contributed by atoms with E-state index in [9.17, 15) is 23.7 Å². The Morgan fingerprint density at radius 2 is 1.64 bits per heavy atom. The van der Waals surface area contributed by atoms with Gasteiger partial charge in [0.05, 0.1) is 16.7 Å². The van der Waals surface area contributed by atoms with Gasteiger partial charge in [0.15, 0.2) is 5.82 Å². The molecule has 0 saturated carbocycles. The summed E-state index contributed by atoms with van der Waals surface area (Å²) >= 11 is 0. The van der Waals surface area contributed by atoms with E-state index in [-0.39, 0.29) is 17.3 Å². The fourth-order valence-electron chi connectivity index (χ4n) is 2.79. The van der Waals surface area contributed by atoms with Gasteiger partial charge in [-0.05, 0) is 30.3 Å². The average molecular weight is 347 g/mol. The Kier molecular flexibility index (Phi) is 4.60. The highest BCUT2D eigenvalue weighted by Crippen LogP contribution is 2.25. The molecule has 1 amide bonds. The summed E-state index contributed by atoms with van der Waals surface area (Å²) in [6, 6.07) is 8.86. The van der Waals surface area contributed by atoms with Crippen molar-refractivity contribution in [1.82, 2.24) is 4.90 Å². The zero-order valence-corrected chi connectivity index (χ0v) is 13.2. The smallest absolute Gasteiger partial charge is 0.272 e. The highest BCUT2D eigenvalue weighted by Gasteiger charge is 2.24. The summed E-state index contributed by atoms with van der Waals surface area (Å²) in [6.45, 7) is 1.57. The minimum atomic E-state index is -0.660. The number of piperazine rings is 1. The molecule has 3 rings (SSSR count). The molecule has 0 unspecified atom stereocenters. The summed E-state index contributed by atoms with van der Waals surface area (Å²) in [5.41, 5.74) is 0.377. The third-order valence-corrected chi connectivity index (χ3v) is 4.14. The third kappa shape index (κ3) is 3.57. The summed E-state index contributed by atoms with van der Waals surface area (Å²) in [5.74, 6) is -1.27. The second kappa shape index (κ2) is 6.84. The Labute approximate surface area is 142 Å². The van der Waals surface area contributed by atoms with Crippen molar-refractivity contribution in [2.45, 2.75) is 0 Å². The van der Waals surface area contributed by atoms with Crippen LogP contribution in [0.25, 0.3) is 0 Å². The molecule has 0 spiro atoms. The van der Waals surface area contributed by atoms with Gasteiger partial charge in [0.25, 0.3) is 11.6 Å². The highest BCUT2D eigenvalue weighted by atomic mass is 19.1. The van der Waals surface area contributed by atoms with Gasteiger partial charge in [-0.2, -0.15) is 0 Å². The number of nitro groups is 1. The number of hydrogen-bond acceptors (Lipinski definition) is 4. The van der Waals surface area contributed by atoms with Gasteiger partial charge < -0.3 is 9.80 Å². The van der Waals surface area contributed by atoms with Crippen molar-refractivity contribution in [3.63, 3.8) is 0 Å². The molecule has 1 heterocycles. The van der Waals surface area contributed by atoms with Crippen molar-refractivity contribution in [1.29, 1.82) is 0 Å². The Bertz CT molecular complexity index is 803. The van der Waals surface area contributed by atoms with E-state index in [1.807, 2.05) is 0 Å². The molecular formula is C17H15F2N3O3. The second-order valence-electron chi connectivity index (χ2n) is 5.68. The van der Waals surface area contributed by atoms with Crippen molar-refractivity contribution in [2.24, 2.45) is 0 Å². The van der Waals surface area contributed by atoms with Crippen LogP contribution >= 0.6 is 0 Å². The van der Waals surface area contributed by atoms with Crippen LogP contribution in [-0.2, 0) is 0 Å².